The zero-order valence-electron chi connectivity index (χ0n) is 10.6. The van der Waals surface area contributed by atoms with Gasteiger partial charge in [0, 0.05) is 12.3 Å². The zero-order chi connectivity index (χ0) is 14.5. The van der Waals surface area contributed by atoms with Crippen LogP contribution in [-0.2, 0) is 0 Å². The average Bonchev–Trinajstić information content (AvgIpc) is 2.98. The van der Waals surface area contributed by atoms with Crippen molar-refractivity contribution in [2.75, 3.05) is 7.11 Å². The second-order valence-corrected chi connectivity index (χ2v) is 3.84. The van der Waals surface area contributed by atoms with Crippen LogP contribution in [0.4, 0.5) is 4.39 Å². The Hall–Kier alpha value is -2.83. The molecule has 6 nitrogen and oxygen atoms in total. The maximum absolute atomic E-state index is 13.6. The summed E-state index contributed by atoms with van der Waals surface area (Å²) < 4.78 is 18.5. The first-order valence-corrected chi connectivity index (χ1v) is 5.69. The van der Waals surface area contributed by atoms with Crippen LogP contribution in [0.1, 0.15) is 20.8 Å². The fraction of sp³-hybridized carbons (Fsp3) is 0.0769. The van der Waals surface area contributed by atoms with Gasteiger partial charge in [-0.1, -0.05) is 0 Å². The Morgan fingerprint density at radius 1 is 1.20 bits per heavy atom. The fourth-order valence-corrected chi connectivity index (χ4v) is 1.53. The summed E-state index contributed by atoms with van der Waals surface area (Å²) in [6.45, 7) is 0. The summed E-state index contributed by atoms with van der Waals surface area (Å²) in [5.74, 6) is -1.73. The first kappa shape index (κ1) is 13.6. The Bertz CT molecular complexity index is 626. The summed E-state index contributed by atoms with van der Waals surface area (Å²) >= 11 is 0. The van der Waals surface area contributed by atoms with Gasteiger partial charge in [0.15, 0.2) is 0 Å². The lowest BCUT2D eigenvalue weighted by molar-refractivity contribution is 0.0842. The number of rotatable bonds is 3. The molecule has 0 unspecified atom stereocenters. The molecule has 0 aliphatic rings. The maximum atomic E-state index is 13.6. The minimum absolute atomic E-state index is 0.197. The van der Waals surface area contributed by atoms with Gasteiger partial charge in [0.05, 0.1) is 12.7 Å². The molecule has 1 aromatic carbocycles. The van der Waals surface area contributed by atoms with E-state index >= 15 is 0 Å². The van der Waals surface area contributed by atoms with Crippen LogP contribution in [-0.4, -0.2) is 23.9 Å². The lowest BCUT2D eigenvalue weighted by Gasteiger charge is -2.08. The Kier molecular flexibility index (Phi) is 3.99. The molecule has 0 spiro atoms. The summed E-state index contributed by atoms with van der Waals surface area (Å²) in [5.41, 5.74) is 4.38. The lowest BCUT2D eigenvalue weighted by Crippen LogP contribution is -2.42. The fourth-order valence-electron chi connectivity index (χ4n) is 1.53. The molecule has 2 amide bonds. The van der Waals surface area contributed by atoms with E-state index in [0.717, 1.165) is 6.07 Å². The van der Waals surface area contributed by atoms with Crippen LogP contribution < -0.4 is 15.6 Å². The third-order valence-electron chi connectivity index (χ3n) is 2.55. The third-order valence-corrected chi connectivity index (χ3v) is 2.55. The van der Waals surface area contributed by atoms with Gasteiger partial charge in [-0.05, 0) is 24.3 Å². The summed E-state index contributed by atoms with van der Waals surface area (Å²) in [7, 11) is 1.39. The van der Waals surface area contributed by atoms with Gasteiger partial charge < -0.3 is 9.72 Å². The van der Waals surface area contributed by atoms with Crippen molar-refractivity contribution in [3.63, 3.8) is 0 Å². The molecule has 0 aliphatic heterocycles. The van der Waals surface area contributed by atoms with Crippen molar-refractivity contribution in [1.29, 1.82) is 0 Å². The predicted molar refractivity (Wildman–Crippen MR) is 68.7 cm³/mol. The van der Waals surface area contributed by atoms with E-state index in [1.165, 1.54) is 25.3 Å². The molecule has 104 valence electrons. The number of hydrogen-bond donors (Lipinski definition) is 3. The number of halogens is 1. The molecule has 0 radical (unpaired) electrons. The maximum Gasteiger partial charge on any atom is 0.286 e. The molecule has 0 saturated carbocycles. The minimum Gasteiger partial charge on any atom is -0.497 e. The van der Waals surface area contributed by atoms with Gasteiger partial charge in [0.25, 0.3) is 11.8 Å². The number of hydrazine groups is 1. The molecule has 2 rings (SSSR count). The van der Waals surface area contributed by atoms with Crippen LogP contribution in [0.25, 0.3) is 0 Å². The van der Waals surface area contributed by atoms with Gasteiger partial charge >= 0.3 is 0 Å². The summed E-state index contributed by atoms with van der Waals surface area (Å²) in [4.78, 5) is 26.0. The number of H-pyrrole nitrogens is 1. The molecule has 0 bridgehead atoms. The smallest absolute Gasteiger partial charge is 0.286 e. The van der Waals surface area contributed by atoms with Gasteiger partial charge in [-0.2, -0.15) is 0 Å². The van der Waals surface area contributed by atoms with Crippen molar-refractivity contribution in [1.82, 2.24) is 15.8 Å². The van der Waals surface area contributed by atoms with E-state index in [-0.39, 0.29) is 11.3 Å². The molecule has 0 aliphatic carbocycles. The second-order valence-electron chi connectivity index (χ2n) is 3.84. The normalized spacial score (nSPS) is 9.90. The van der Waals surface area contributed by atoms with Crippen molar-refractivity contribution in [3.05, 3.63) is 53.6 Å². The van der Waals surface area contributed by atoms with E-state index < -0.39 is 17.6 Å². The molecule has 2 aromatic rings. The number of ether oxygens (including phenoxy) is 1. The summed E-state index contributed by atoms with van der Waals surface area (Å²) in [6, 6.07) is 6.98. The van der Waals surface area contributed by atoms with Gasteiger partial charge in [-0.3, -0.25) is 20.4 Å². The van der Waals surface area contributed by atoms with Crippen LogP contribution in [0, 0.1) is 5.82 Å². The Balaban J connectivity index is 2.00. The van der Waals surface area contributed by atoms with Crippen LogP contribution >= 0.6 is 0 Å². The predicted octanol–water partition coefficient (Wildman–Crippen LogP) is 1.24. The molecule has 0 saturated heterocycles. The highest BCUT2D eigenvalue weighted by atomic mass is 19.1. The molecule has 0 fully saturated rings. The van der Waals surface area contributed by atoms with E-state index in [0.29, 0.717) is 5.75 Å². The molecular formula is C13H12FN3O3. The van der Waals surface area contributed by atoms with Crippen LogP contribution in [0.3, 0.4) is 0 Å². The molecule has 1 heterocycles. The molecule has 3 N–H and O–H groups in total. The highest BCUT2D eigenvalue weighted by molar-refractivity contribution is 5.98. The van der Waals surface area contributed by atoms with Gasteiger partial charge in [-0.15, -0.1) is 0 Å². The van der Waals surface area contributed by atoms with Gasteiger partial charge in [0.2, 0.25) is 0 Å². The SMILES string of the molecule is COc1ccc(C(=O)NNC(=O)c2ccc[nH]2)c(F)c1. The van der Waals surface area contributed by atoms with Crippen molar-refractivity contribution in [2.45, 2.75) is 0 Å². The van der Waals surface area contributed by atoms with Crippen molar-refractivity contribution >= 4 is 11.8 Å². The second kappa shape index (κ2) is 5.87. The van der Waals surface area contributed by atoms with E-state index in [2.05, 4.69) is 15.8 Å². The Morgan fingerprint density at radius 2 is 1.95 bits per heavy atom. The molecular weight excluding hydrogens is 265 g/mol. The molecule has 7 heteroatoms. The zero-order valence-corrected chi connectivity index (χ0v) is 10.6. The van der Waals surface area contributed by atoms with E-state index in [9.17, 15) is 14.0 Å². The van der Waals surface area contributed by atoms with Gasteiger partial charge in [-0.25, -0.2) is 4.39 Å². The number of hydrogen-bond acceptors (Lipinski definition) is 3. The first-order valence-electron chi connectivity index (χ1n) is 5.69. The quantitative estimate of drug-likeness (QED) is 0.738. The third kappa shape index (κ3) is 2.94. The molecule has 1 aromatic heterocycles. The topological polar surface area (TPSA) is 83.2 Å². The number of methoxy groups -OCH3 is 1. The van der Waals surface area contributed by atoms with Gasteiger partial charge in [0.1, 0.15) is 17.3 Å². The number of aromatic amines is 1. The van der Waals surface area contributed by atoms with Crippen molar-refractivity contribution in [2.24, 2.45) is 0 Å². The summed E-state index contributed by atoms with van der Waals surface area (Å²) in [5, 5.41) is 0. The van der Waals surface area contributed by atoms with Crippen LogP contribution in [0.15, 0.2) is 36.5 Å². The molecule has 20 heavy (non-hydrogen) atoms. The van der Waals surface area contributed by atoms with Crippen LogP contribution in [0.2, 0.25) is 0 Å². The number of amides is 2. The van der Waals surface area contributed by atoms with E-state index in [4.69, 9.17) is 4.74 Å². The Labute approximate surface area is 113 Å². The highest BCUT2D eigenvalue weighted by Gasteiger charge is 2.14. The highest BCUT2D eigenvalue weighted by Crippen LogP contribution is 2.15. The minimum atomic E-state index is -0.759. The molecule has 0 atom stereocenters. The number of benzene rings is 1. The standard InChI is InChI=1S/C13H12FN3O3/c1-20-8-4-5-9(10(14)7-8)12(18)16-17-13(19)11-3-2-6-15-11/h2-7,15H,1H3,(H,16,18)(H,17,19). The van der Waals surface area contributed by atoms with E-state index in [1.54, 1.807) is 12.3 Å². The van der Waals surface area contributed by atoms with Crippen molar-refractivity contribution < 1.29 is 18.7 Å². The van der Waals surface area contributed by atoms with E-state index in [1.807, 2.05) is 0 Å². The number of carbonyl (C=O) groups is 2. The number of carbonyl (C=O) groups excluding carboxylic acids is 2. The first-order chi connectivity index (χ1) is 9.61. The average molecular weight is 277 g/mol. The summed E-state index contributed by atoms with van der Waals surface area (Å²) in [6.07, 6.45) is 1.57. The largest absolute Gasteiger partial charge is 0.497 e. The monoisotopic (exact) mass is 277 g/mol. The number of aromatic nitrogens is 1. The Morgan fingerprint density at radius 3 is 2.55 bits per heavy atom. The lowest BCUT2D eigenvalue weighted by atomic mass is 10.2. The van der Waals surface area contributed by atoms with Crippen LogP contribution in [0.5, 0.6) is 5.75 Å². The number of nitrogens with one attached hydrogen (secondary N) is 3. The van der Waals surface area contributed by atoms with Crippen molar-refractivity contribution in [3.8, 4) is 5.75 Å².